The number of nitrogens with one attached hydrogen (secondary N) is 3. The molecule has 0 bridgehead atoms. The topological polar surface area (TPSA) is 74.8 Å². The van der Waals surface area contributed by atoms with Crippen LogP contribution in [0, 0.1) is 6.92 Å². The van der Waals surface area contributed by atoms with Gasteiger partial charge in [-0.05, 0) is 56.2 Å². The molecule has 6 heteroatoms. The fourth-order valence-electron chi connectivity index (χ4n) is 2.65. The summed E-state index contributed by atoms with van der Waals surface area (Å²) >= 11 is 0. The van der Waals surface area contributed by atoms with E-state index in [1.54, 1.807) is 7.05 Å². The first-order valence-corrected chi connectivity index (χ1v) is 9.56. The third-order valence-electron chi connectivity index (χ3n) is 4.12. The SMILES string of the molecule is CCNC(=O)c1ccc(CNC(=NC)NCC(C)Oc2cccc(C)c2)cc1. The van der Waals surface area contributed by atoms with Gasteiger partial charge < -0.3 is 20.7 Å². The summed E-state index contributed by atoms with van der Waals surface area (Å²) in [5.41, 5.74) is 2.91. The lowest BCUT2D eigenvalue weighted by Gasteiger charge is -2.18. The first-order valence-electron chi connectivity index (χ1n) is 9.56. The zero-order chi connectivity index (χ0) is 20.4. The van der Waals surface area contributed by atoms with Crippen LogP contribution in [0.5, 0.6) is 5.75 Å². The number of benzene rings is 2. The highest BCUT2D eigenvalue weighted by molar-refractivity contribution is 5.94. The zero-order valence-electron chi connectivity index (χ0n) is 17.1. The van der Waals surface area contributed by atoms with Crippen molar-refractivity contribution >= 4 is 11.9 Å². The summed E-state index contributed by atoms with van der Waals surface area (Å²) in [6, 6.07) is 15.6. The minimum Gasteiger partial charge on any atom is -0.489 e. The van der Waals surface area contributed by atoms with Gasteiger partial charge in [0.05, 0.1) is 6.54 Å². The number of aliphatic imine (C=N–C) groups is 1. The van der Waals surface area contributed by atoms with Crippen LogP contribution in [-0.4, -0.2) is 38.1 Å². The normalized spacial score (nSPS) is 12.2. The van der Waals surface area contributed by atoms with E-state index in [0.29, 0.717) is 31.2 Å². The van der Waals surface area contributed by atoms with Crippen molar-refractivity contribution in [1.82, 2.24) is 16.0 Å². The van der Waals surface area contributed by atoms with E-state index < -0.39 is 0 Å². The van der Waals surface area contributed by atoms with Crippen molar-refractivity contribution in [2.45, 2.75) is 33.4 Å². The molecule has 0 fully saturated rings. The molecule has 1 atom stereocenters. The first kappa shape index (κ1) is 21.3. The molecule has 0 heterocycles. The molecule has 0 aliphatic carbocycles. The number of hydrogen-bond acceptors (Lipinski definition) is 3. The Morgan fingerprint density at radius 3 is 2.50 bits per heavy atom. The fraction of sp³-hybridized carbons (Fsp3) is 0.364. The molecule has 6 nitrogen and oxygen atoms in total. The number of ether oxygens (including phenoxy) is 1. The molecule has 3 N–H and O–H groups in total. The number of nitrogens with zero attached hydrogens (tertiary/aromatic N) is 1. The van der Waals surface area contributed by atoms with Gasteiger partial charge in [0.15, 0.2) is 5.96 Å². The molecule has 2 aromatic rings. The van der Waals surface area contributed by atoms with Crippen molar-refractivity contribution in [2.75, 3.05) is 20.1 Å². The predicted molar refractivity (Wildman–Crippen MR) is 114 cm³/mol. The second-order valence-corrected chi connectivity index (χ2v) is 6.61. The second kappa shape index (κ2) is 11.0. The number of amides is 1. The zero-order valence-corrected chi connectivity index (χ0v) is 17.1. The van der Waals surface area contributed by atoms with Crippen molar-refractivity contribution < 1.29 is 9.53 Å². The van der Waals surface area contributed by atoms with E-state index in [0.717, 1.165) is 11.3 Å². The maximum atomic E-state index is 11.8. The molecule has 0 spiro atoms. The van der Waals surface area contributed by atoms with Crippen LogP contribution < -0.4 is 20.7 Å². The van der Waals surface area contributed by atoms with E-state index in [4.69, 9.17) is 4.74 Å². The Bertz CT molecular complexity index is 787. The van der Waals surface area contributed by atoms with Gasteiger partial charge in [-0.25, -0.2) is 0 Å². The average Bonchev–Trinajstić information content (AvgIpc) is 2.68. The van der Waals surface area contributed by atoms with Gasteiger partial charge in [0.2, 0.25) is 0 Å². The fourth-order valence-corrected chi connectivity index (χ4v) is 2.65. The lowest BCUT2D eigenvalue weighted by atomic mass is 10.1. The van der Waals surface area contributed by atoms with E-state index >= 15 is 0 Å². The van der Waals surface area contributed by atoms with Gasteiger partial charge in [0.1, 0.15) is 11.9 Å². The van der Waals surface area contributed by atoms with Crippen LogP contribution in [0.1, 0.15) is 35.3 Å². The Morgan fingerprint density at radius 2 is 1.86 bits per heavy atom. The van der Waals surface area contributed by atoms with Crippen LogP contribution in [0.4, 0.5) is 0 Å². The molecule has 28 heavy (non-hydrogen) atoms. The molecule has 0 aliphatic rings. The molecule has 0 radical (unpaired) electrons. The third kappa shape index (κ3) is 6.95. The van der Waals surface area contributed by atoms with Gasteiger partial charge in [0.25, 0.3) is 5.91 Å². The molecule has 2 aromatic carbocycles. The van der Waals surface area contributed by atoms with E-state index in [1.165, 1.54) is 5.56 Å². The number of aryl methyl sites for hydroxylation is 1. The highest BCUT2D eigenvalue weighted by Crippen LogP contribution is 2.13. The molecule has 0 saturated carbocycles. The van der Waals surface area contributed by atoms with E-state index in [1.807, 2.05) is 69.3 Å². The van der Waals surface area contributed by atoms with Gasteiger partial charge in [0, 0.05) is 25.7 Å². The van der Waals surface area contributed by atoms with Crippen LogP contribution >= 0.6 is 0 Å². The van der Waals surface area contributed by atoms with Crippen molar-refractivity contribution in [1.29, 1.82) is 0 Å². The maximum Gasteiger partial charge on any atom is 0.251 e. The van der Waals surface area contributed by atoms with E-state index in [2.05, 4.69) is 20.9 Å². The summed E-state index contributed by atoms with van der Waals surface area (Å²) in [4.78, 5) is 16.0. The summed E-state index contributed by atoms with van der Waals surface area (Å²) in [5, 5.41) is 9.33. The minimum atomic E-state index is -0.0536. The molecule has 0 saturated heterocycles. The van der Waals surface area contributed by atoms with Gasteiger partial charge in [-0.3, -0.25) is 9.79 Å². The molecule has 0 aliphatic heterocycles. The third-order valence-corrected chi connectivity index (χ3v) is 4.12. The first-order chi connectivity index (χ1) is 13.5. The molecule has 1 unspecified atom stereocenters. The molecule has 0 aromatic heterocycles. The van der Waals surface area contributed by atoms with Crippen molar-refractivity contribution in [3.05, 3.63) is 65.2 Å². The molecule has 2 rings (SSSR count). The minimum absolute atomic E-state index is 0.00304. The molecular weight excluding hydrogens is 352 g/mol. The predicted octanol–water partition coefficient (Wildman–Crippen LogP) is 2.88. The summed E-state index contributed by atoms with van der Waals surface area (Å²) in [6.07, 6.45) is -0.00304. The van der Waals surface area contributed by atoms with Crippen LogP contribution in [0.2, 0.25) is 0 Å². The summed E-state index contributed by atoms with van der Waals surface area (Å²) < 4.78 is 5.93. The molecule has 1 amide bonds. The largest absolute Gasteiger partial charge is 0.489 e. The summed E-state index contributed by atoms with van der Waals surface area (Å²) in [6.45, 7) is 7.83. The van der Waals surface area contributed by atoms with Crippen LogP contribution in [0.25, 0.3) is 0 Å². The number of guanidine groups is 1. The summed E-state index contributed by atoms with van der Waals surface area (Å²) in [7, 11) is 1.74. The second-order valence-electron chi connectivity index (χ2n) is 6.61. The number of hydrogen-bond donors (Lipinski definition) is 3. The Labute approximate surface area is 167 Å². The standard InChI is InChI=1S/C22H30N4O2/c1-5-24-21(27)19-11-9-18(10-12-19)15-26-22(23-4)25-14-17(3)28-20-8-6-7-16(2)13-20/h6-13,17H,5,14-15H2,1-4H3,(H,24,27)(H2,23,25,26). The molecular formula is C22H30N4O2. The smallest absolute Gasteiger partial charge is 0.251 e. The van der Waals surface area contributed by atoms with E-state index in [-0.39, 0.29) is 12.0 Å². The average molecular weight is 383 g/mol. The van der Waals surface area contributed by atoms with Gasteiger partial charge >= 0.3 is 0 Å². The molecule has 150 valence electrons. The number of carbonyl (C=O) groups is 1. The van der Waals surface area contributed by atoms with Crippen LogP contribution in [0.15, 0.2) is 53.5 Å². The van der Waals surface area contributed by atoms with Crippen LogP contribution in [0.3, 0.4) is 0 Å². The maximum absolute atomic E-state index is 11.8. The number of rotatable bonds is 8. The highest BCUT2D eigenvalue weighted by atomic mass is 16.5. The van der Waals surface area contributed by atoms with Gasteiger partial charge in [-0.15, -0.1) is 0 Å². The highest BCUT2D eigenvalue weighted by Gasteiger charge is 2.07. The summed E-state index contributed by atoms with van der Waals surface area (Å²) in [5.74, 6) is 1.51. The Kier molecular flexibility index (Phi) is 8.34. The number of carbonyl (C=O) groups excluding carboxylic acids is 1. The Morgan fingerprint density at radius 1 is 1.11 bits per heavy atom. The van der Waals surface area contributed by atoms with E-state index in [9.17, 15) is 4.79 Å². The van der Waals surface area contributed by atoms with Crippen LogP contribution in [-0.2, 0) is 6.54 Å². The van der Waals surface area contributed by atoms with Crippen molar-refractivity contribution in [3.8, 4) is 5.75 Å². The van der Waals surface area contributed by atoms with Crippen molar-refractivity contribution in [3.63, 3.8) is 0 Å². The lowest BCUT2D eigenvalue weighted by Crippen LogP contribution is -2.41. The van der Waals surface area contributed by atoms with Gasteiger partial charge in [-0.2, -0.15) is 0 Å². The van der Waals surface area contributed by atoms with Gasteiger partial charge in [-0.1, -0.05) is 24.3 Å². The monoisotopic (exact) mass is 382 g/mol. The quantitative estimate of drug-likeness (QED) is 0.485. The lowest BCUT2D eigenvalue weighted by molar-refractivity contribution is 0.0956. The Balaban J connectivity index is 1.78. The van der Waals surface area contributed by atoms with Crippen molar-refractivity contribution in [2.24, 2.45) is 4.99 Å². The Hall–Kier alpha value is -3.02.